The molecule has 0 saturated heterocycles. The molecule has 1 saturated carbocycles. The van der Waals surface area contributed by atoms with Gasteiger partial charge in [-0.25, -0.2) is 13.1 Å². The van der Waals surface area contributed by atoms with E-state index in [2.05, 4.69) is 21.9 Å². The van der Waals surface area contributed by atoms with Gasteiger partial charge in [-0.2, -0.15) is 0 Å². The molecule has 3 rings (SSSR count). The minimum atomic E-state index is -3.76. The molecule has 2 amide bonds. The van der Waals surface area contributed by atoms with Crippen molar-refractivity contribution >= 4 is 21.8 Å². The fourth-order valence-corrected chi connectivity index (χ4v) is 3.93. The smallest absolute Gasteiger partial charge is 0.251 e. The second-order valence-corrected chi connectivity index (χ2v) is 8.93. The van der Waals surface area contributed by atoms with Gasteiger partial charge in [0.05, 0.1) is 4.90 Å². The number of hydrogen-bond donors (Lipinski definition) is 3. The summed E-state index contributed by atoms with van der Waals surface area (Å²) in [6.07, 6.45) is 3.65. The summed E-state index contributed by atoms with van der Waals surface area (Å²) in [5, 5.41) is 5.68. The number of nitrogens with one attached hydrogen (secondary N) is 3. The van der Waals surface area contributed by atoms with E-state index in [1.54, 1.807) is 0 Å². The van der Waals surface area contributed by atoms with Gasteiger partial charge in [0.25, 0.3) is 5.91 Å². The van der Waals surface area contributed by atoms with Crippen LogP contribution in [0.3, 0.4) is 0 Å². The van der Waals surface area contributed by atoms with Crippen LogP contribution >= 0.6 is 0 Å². The molecule has 0 aliphatic heterocycles. The van der Waals surface area contributed by atoms with Gasteiger partial charge in [0.2, 0.25) is 15.9 Å². The van der Waals surface area contributed by atoms with Gasteiger partial charge in [0, 0.05) is 24.6 Å². The molecule has 0 spiro atoms. The van der Waals surface area contributed by atoms with Crippen LogP contribution < -0.4 is 15.4 Å². The fourth-order valence-electron chi connectivity index (χ4n) is 2.89. The van der Waals surface area contributed by atoms with Crippen molar-refractivity contribution in [2.24, 2.45) is 0 Å². The van der Waals surface area contributed by atoms with Gasteiger partial charge >= 0.3 is 0 Å². The summed E-state index contributed by atoms with van der Waals surface area (Å²) in [5.74, 6) is -0.756. The SMILES string of the molecule is C=CCNS(=O)(=O)c1cccc(C(=O)NC(Cc2ccccc2)C(=O)NC2CC2)c1. The highest BCUT2D eigenvalue weighted by atomic mass is 32.2. The van der Waals surface area contributed by atoms with Crippen LogP contribution in [0.15, 0.2) is 72.1 Å². The largest absolute Gasteiger partial charge is 0.352 e. The Morgan fingerprint density at radius 1 is 1.10 bits per heavy atom. The lowest BCUT2D eigenvalue weighted by Gasteiger charge is -2.19. The molecule has 0 radical (unpaired) electrons. The van der Waals surface area contributed by atoms with Gasteiger partial charge in [0.1, 0.15) is 6.04 Å². The number of carbonyl (C=O) groups is 2. The highest BCUT2D eigenvalue weighted by Crippen LogP contribution is 2.19. The predicted octanol–water partition coefficient (Wildman–Crippen LogP) is 1.77. The van der Waals surface area contributed by atoms with Crippen molar-refractivity contribution in [2.75, 3.05) is 6.54 Å². The quantitative estimate of drug-likeness (QED) is 0.503. The molecule has 7 nitrogen and oxygen atoms in total. The van der Waals surface area contributed by atoms with Crippen LogP contribution in [0.5, 0.6) is 0 Å². The van der Waals surface area contributed by atoms with Crippen LogP contribution in [0.25, 0.3) is 0 Å². The number of sulfonamides is 1. The molecule has 0 aromatic heterocycles. The lowest BCUT2D eigenvalue weighted by Crippen LogP contribution is -2.48. The standard InChI is InChI=1S/C22H25N3O4S/c1-2-13-23-30(28,29)19-10-6-9-17(15-19)21(26)25-20(22(27)24-18-11-12-18)14-16-7-4-3-5-8-16/h2-10,15,18,20,23H,1,11-14H2,(H,24,27)(H,25,26). The first kappa shape index (κ1) is 21.7. The van der Waals surface area contributed by atoms with E-state index in [1.807, 2.05) is 30.3 Å². The lowest BCUT2D eigenvalue weighted by atomic mass is 10.0. The minimum absolute atomic E-state index is 0.0287. The van der Waals surface area contributed by atoms with Crippen LogP contribution in [-0.2, 0) is 21.2 Å². The average molecular weight is 428 g/mol. The molecule has 1 unspecified atom stereocenters. The van der Waals surface area contributed by atoms with Crippen molar-refractivity contribution in [3.8, 4) is 0 Å². The summed E-state index contributed by atoms with van der Waals surface area (Å²) in [5.41, 5.74) is 1.08. The normalized spacial score (nSPS) is 14.5. The Morgan fingerprint density at radius 2 is 1.83 bits per heavy atom. The van der Waals surface area contributed by atoms with Crippen LogP contribution in [-0.4, -0.2) is 38.9 Å². The van der Waals surface area contributed by atoms with Crippen molar-refractivity contribution in [1.29, 1.82) is 0 Å². The summed E-state index contributed by atoms with van der Waals surface area (Å²) in [7, 11) is -3.76. The maximum Gasteiger partial charge on any atom is 0.251 e. The van der Waals surface area contributed by atoms with Crippen LogP contribution in [0.4, 0.5) is 0 Å². The molecular formula is C22H25N3O4S. The van der Waals surface area contributed by atoms with Crippen molar-refractivity contribution in [3.05, 3.63) is 78.4 Å². The zero-order valence-electron chi connectivity index (χ0n) is 16.5. The highest BCUT2D eigenvalue weighted by molar-refractivity contribution is 7.89. The molecule has 1 atom stereocenters. The summed E-state index contributed by atoms with van der Waals surface area (Å²) in [4.78, 5) is 25.5. The second-order valence-electron chi connectivity index (χ2n) is 7.17. The van der Waals surface area contributed by atoms with E-state index in [-0.39, 0.29) is 29.0 Å². The van der Waals surface area contributed by atoms with Crippen molar-refractivity contribution < 1.29 is 18.0 Å². The van der Waals surface area contributed by atoms with Gasteiger partial charge in [0.15, 0.2) is 0 Å². The summed E-state index contributed by atoms with van der Waals surface area (Å²) >= 11 is 0. The van der Waals surface area contributed by atoms with E-state index in [9.17, 15) is 18.0 Å². The first-order valence-electron chi connectivity index (χ1n) is 9.75. The molecule has 1 aliphatic rings. The van der Waals surface area contributed by atoms with E-state index >= 15 is 0 Å². The summed E-state index contributed by atoms with van der Waals surface area (Å²) < 4.78 is 27.0. The van der Waals surface area contributed by atoms with Gasteiger partial charge < -0.3 is 10.6 Å². The molecule has 8 heteroatoms. The molecule has 3 N–H and O–H groups in total. The van der Waals surface area contributed by atoms with Gasteiger partial charge in [-0.05, 0) is 36.6 Å². The average Bonchev–Trinajstić information content (AvgIpc) is 3.56. The molecule has 2 aromatic rings. The van der Waals surface area contributed by atoms with Crippen LogP contribution in [0, 0.1) is 0 Å². The number of hydrogen-bond acceptors (Lipinski definition) is 4. The maximum absolute atomic E-state index is 12.8. The number of benzene rings is 2. The minimum Gasteiger partial charge on any atom is -0.352 e. The number of amides is 2. The highest BCUT2D eigenvalue weighted by Gasteiger charge is 2.29. The molecular weight excluding hydrogens is 402 g/mol. The topological polar surface area (TPSA) is 104 Å². The van der Waals surface area contributed by atoms with Gasteiger partial charge in [-0.3, -0.25) is 9.59 Å². The molecule has 2 aromatic carbocycles. The Morgan fingerprint density at radius 3 is 2.50 bits per heavy atom. The Hall–Kier alpha value is -2.97. The van der Waals surface area contributed by atoms with E-state index in [0.29, 0.717) is 6.42 Å². The van der Waals surface area contributed by atoms with Crippen molar-refractivity contribution in [2.45, 2.75) is 36.2 Å². The van der Waals surface area contributed by atoms with E-state index in [4.69, 9.17) is 0 Å². The molecule has 0 bridgehead atoms. The molecule has 30 heavy (non-hydrogen) atoms. The third kappa shape index (κ3) is 6.01. The Bertz CT molecular complexity index is 1020. The predicted molar refractivity (Wildman–Crippen MR) is 114 cm³/mol. The van der Waals surface area contributed by atoms with Crippen LogP contribution in [0.2, 0.25) is 0 Å². The maximum atomic E-state index is 12.8. The van der Waals surface area contributed by atoms with Gasteiger partial charge in [-0.15, -0.1) is 6.58 Å². The molecule has 1 aliphatic carbocycles. The summed E-state index contributed by atoms with van der Waals surface area (Å²) in [6.45, 7) is 3.57. The van der Waals surface area contributed by atoms with E-state index in [0.717, 1.165) is 18.4 Å². The monoisotopic (exact) mass is 427 g/mol. The molecule has 158 valence electrons. The Labute approximate surface area is 176 Å². The third-order valence-electron chi connectivity index (χ3n) is 4.65. The first-order valence-corrected chi connectivity index (χ1v) is 11.2. The van der Waals surface area contributed by atoms with Gasteiger partial charge in [-0.1, -0.05) is 42.5 Å². The van der Waals surface area contributed by atoms with Crippen molar-refractivity contribution in [1.82, 2.24) is 15.4 Å². The zero-order valence-corrected chi connectivity index (χ0v) is 17.3. The first-order chi connectivity index (χ1) is 14.4. The fraction of sp³-hybridized carbons (Fsp3) is 0.273. The Kier molecular flexibility index (Phi) is 7.02. The Balaban J connectivity index is 1.76. The lowest BCUT2D eigenvalue weighted by molar-refractivity contribution is -0.123. The van der Waals surface area contributed by atoms with Crippen molar-refractivity contribution in [3.63, 3.8) is 0 Å². The number of rotatable bonds is 10. The molecule has 0 heterocycles. The number of carbonyl (C=O) groups excluding carboxylic acids is 2. The molecule has 1 fully saturated rings. The third-order valence-corrected chi connectivity index (χ3v) is 6.07. The summed E-state index contributed by atoms with van der Waals surface area (Å²) in [6, 6.07) is 14.5. The van der Waals surface area contributed by atoms with Crippen LogP contribution in [0.1, 0.15) is 28.8 Å². The van der Waals surface area contributed by atoms with E-state index in [1.165, 1.54) is 30.3 Å². The zero-order chi connectivity index (χ0) is 21.6. The van der Waals surface area contributed by atoms with E-state index < -0.39 is 22.0 Å². The second kappa shape index (κ2) is 9.69.